The third-order valence-electron chi connectivity index (χ3n) is 3.97. The molecular formula is C20H20N2. The van der Waals surface area contributed by atoms with Crippen molar-refractivity contribution in [3.05, 3.63) is 107 Å². The molecule has 3 aromatic carbocycles. The van der Waals surface area contributed by atoms with E-state index in [0.717, 1.165) is 22.3 Å². The highest BCUT2D eigenvalue weighted by atomic mass is 14.6. The van der Waals surface area contributed by atoms with E-state index in [1.54, 1.807) is 0 Å². The van der Waals surface area contributed by atoms with Crippen LogP contribution in [0, 0.1) is 0 Å². The summed E-state index contributed by atoms with van der Waals surface area (Å²) in [4.78, 5) is 0. The topological polar surface area (TPSA) is 52.0 Å². The maximum Gasteiger partial charge on any atom is 0.0551 e. The quantitative estimate of drug-likeness (QED) is 0.767. The fourth-order valence-corrected chi connectivity index (χ4v) is 2.62. The molecule has 0 radical (unpaired) electrons. The lowest BCUT2D eigenvalue weighted by molar-refractivity contribution is 0.850. The summed E-state index contributed by atoms with van der Waals surface area (Å²) in [5.74, 6) is 0. The normalized spacial score (nSPS) is 13.5. The van der Waals surface area contributed by atoms with Crippen molar-refractivity contribution in [1.29, 1.82) is 0 Å². The van der Waals surface area contributed by atoms with Crippen LogP contribution in [0.4, 0.5) is 0 Å². The molecule has 0 aromatic heterocycles. The SMILES string of the molecule is NC(c1ccccc1)c1ccc(C(N)c2ccccc2)cc1. The standard InChI is InChI=1S/C20H20N2/c21-19(15-7-3-1-4-8-15)17-11-13-18(14-12-17)20(22)16-9-5-2-6-10-16/h1-14,19-20H,21-22H2. The highest BCUT2D eigenvalue weighted by molar-refractivity contribution is 5.37. The minimum absolute atomic E-state index is 0.108. The highest BCUT2D eigenvalue weighted by Crippen LogP contribution is 2.23. The molecule has 2 unspecified atom stereocenters. The fraction of sp³-hybridized carbons (Fsp3) is 0.100. The van der Waals surface area contributed by atoms with Gasteiger partial charge in [0.05, 0.1) is 12.1 Å². The predicted molar refractivity (Wildman–Crippen MR) is 91.4 cm³/mol. The van der Waals surface area contributed by atoms with Gasteiger partial charge in [-0.1, -0.05) is 84.9 Å². The van der Waals surface area contributed by atoms with E-state index in [1.807, 2.05) is 60.7 Å². The van der Waals surface area contributed by atoms with Gasteiger partial charge in [0, 0.05) is 0 Å². The molecule has 3 aromatic rings. The molecular weight excluding hydrogens is 268 g/mol. The molecule has 0 bridgehead atoms. The molecule has 0 fully saturated rings. The van der Waals surface area contributed by atoms with E-state index in [-0.39, 0.29) is 12.1 Å². The van der Waals surface area contributed by atoms with Crippen molar-refractivity contribution in [2.45, 2.75) is 12.1 Å². The van der Waals surface area contributed by atoms with Gasteiger partial charge < -0.3 is 11.5 Å². The zero-order chi connectivity index (χ0) is 15.4. The molecule has 0 aliphatic heterocycles. The Bertz CT molecular complexity index is 641. The Hall–Kier alpha value is -2.42. The number of nitrogens with two attached hydrogens (primary N) is 2. The monoisotopic (exact) mass is 288 g/mol. The third kappa shape index (κ3) is 3.08. The number of benzene rings is 3. The molecule has 4 N–H and O–H groups in total. The second-order valence-electron chi connectivity index (χ2n) is 5.44. The van der Waals surface area contributed by atoms with E-state index in [4.69, 9.17) is 11.5 Å². The van der Waals surface area contributed by atoms with Gasteiger partial charge in [0.2, 0.25) is 0 Å². The van der Waals surface area contributed by atoms with Crippen LogP contribution >= 0.6 is 0 Å². The van der Waals surface area contributed by atoms with E-state index in [0.29, 0.717) is 0 Å². The lowest BCUT2D eigenvalue weighted by Gasteiger charge is -2.16. The van der Waals surface area contributed by atoms with Crippen molar-refractivity contribution < 1.29 is 0 Å². The van der Waals surface area contributed by atoms with E-state index in [9.17, 15) is 0 Å². The summed E-state index contributed by atoms with van der Waals surface area (Å²) in [6.45, 7) is 0. The first-order valence-corrected chi connectivity index (χ1v) is 7.46. The van der Waals surface area contributed by atoms with Crippen molar-refractivity contribution in [3.8, 4) is 0 Å². The Morgan fingerprint density at radius 3 is 1.00 bits per heavy atom. The predicted octanol–water partition coefficient (Wildman–Crippen LogP) is 3.78. The molecule has 0 amide bonds. The highest BCUT2D eigenvalue weighted by Gasteiger charge is 2.11. The molecule has 2 atom stereocenters. The third-order valence-corrected chi connectivity index (χ3v) is 3.97. The Morgan fingerprint density at radius 2 is 0.682 bits per heavy atom. The van der Waals surface area contributed by atoms with Crippen molar-refractivity contribution in [1.82, 2.24) is 0 Å². The van der Waals surface area contributed by atoms with Gasteiger partial charge in [0.15, 0.2) is 0 Å². The number of hydrogen-bond donors (Lipinski definition) is 2. The Kier molecular flexibility index (Phi) is 4.33. The lowest BCUT2D eigenvalue weighted by atomic mass is 9.95. The van der Waals surface area contributed by atoms with Crippen LogP contribution in [-0.4, -0.2) is 0 Å². The molecule has 0 aliphatic carbocycles. The Balaban J connectivity index is 1.81. The van der Waals surface area contributed by atoms with E-state index in [2.05, 4.69) is 24.3 Å². The van der Waals surface area contributed by atoms with Crippen molar-refractivity contribution >= 4 is 0 Å². The molecule has 2 heteroatoms. The summed E-state index contributed by atoms with van der Waals surface area (Å²) in [5, 5.41) is 0. The van der Waals surface area contributed by atoms with Crippen LogP contribution < -0.4 is 11.5 Å². The second-order valence-corrected chi connectivity index (χ2v) is 5.44. The maximum atomic E-state index is 6.32. The lowest BCUT2D eigenvalue weighted by Crippen LogP contribution is -2.14. The summed E-state index contributed by atoms with van der Waals surface area (Å²) in [7, 11) is 0. The molecule has 3 rings (SSSR count). The summed E-state index contributed by atoms with van der Waals surface area (Å²) in [6.07, 6.45) is 0. The Morgan fingerprint density at radius 1 is 0.409 bits per heavy atom. The zero-order valence-corrected chi connectivity index (χ0v) is 12.4. The van der Waals surface area contributed by atoms with Crippen molar-refractivity contribution in [2.24, 2.45) is 11.5 Å². The van der Waals surface area contributed by atoms with Crippen LogP contribution in [0.1, 0.15) is 34.3 Å². The summed E-state index contributed by atoms with van der Waals surface area (Å²) < 4.78 is 0. The van der Waals surface area contributed by atoms with Crippen LogP contribution in [0.25, 0.3) is 0 Å². The largest absolute Gasteiger partial charge is 0.320 e. The smallest absolute Gasteiger partial charge is 0.0551 e. The van der Waals surface area contributed by atoms with Gasteiger partial charge in [0.25, 0.3) is 0 Å². The fourth-order valence-electron chi connectivity index (χ4n) is 2.62. The van der Waals surface area contributed by atoms with Gasteiger partial charge in [0.1, 0.15) is 0 Å². The molecule has 0 saturated heterocycles. The van der Waals surface area contributed by atoms with Crippen LogP contribution in [0.3, 0.4) is 0 Å². The maximum absolute atomic E-state index is 6.32. The first-order chi connectivity index (χ1) is 10.8. The van der Waals surface area contributed by atoms with Crippen LogP contribution in [0.5, 0.6) is 0 Å². The number of hydrogen-bond acceptors (Lipinski definition) is 2. The Labute approximate surface area is 131 Å². The van der Waals surface area contributed by atoms with Crippen molar-refractivity contribution in [2.75, 3.05) is 0 Å². The van der Waals surface area contributed by atoms with Crippen LogP contribution in [-0.2, 0) is 0 Å². The van der Waals surface area contributed by atoms with Crippen molar-refractivity contribution in [3.63, 3.8) is 0 Å². The van der Waals surface area contributed by atoms with E-state index < -0.39 is 0 Å². The van der Waals surface area contributed by atoms with Gasteiger partial charge in [-0.25, -0.2) is 0 Å². The summed E-state index contributed by atoms with van der Waals surface area (Å²) in [5.41, 5.74) is 17.1. The molecule has 0 heterocycles. The molecule has 0 aliphatic rings. The second kappa shape index (κ2) is 6.56. The average molecular weight is 288 g/mol. The first kappa shape index (κ1) is 14.5. The van der Waals surface area contributed by atoms with Gasteiger partial charge >= 0.3 is 0 Å². The minimum atomic E-state index is -0.108. The summed E-state index contributed by atoms with van der Waals surface area (Å²) >= 11 is 0. The van der Waals surface area contributed by atoms with E-state index in [1.165, 1.54) is 0 Å². The van der Waals surface area contributed by atoms with Gasteiger partial charge in [-0.3, -0.25) is 0 Å². The van der Waals surface area contributed by atoms with Crippen LogP contribution in [0.2, 0.25) is 0 Å². The van der Waals surface area contributed by atoms with Gasteiger partial charge in [-0.15, -0.1) is 0 Å². The van der Waals surface area contributed by atoms with Gasteiger partial charge in [-0.2, -0.15) is 0 Å². The average Bonchev–Trinajstić information content (AvgIpc) is 2.62. The molecule has 2 nitrogen and oxygen atoms in total. The molecule has 22 heavy (non-hydrogen) atoms. The molecule has 110 valence electrons. The minimum Gasteiger partial charge on any atom is -0.320 e. The van der Waals surface area contributed by atoms with Gasteiger partial charge in [-0.05, 0) is 22.3 Å². The first-order valence-electron chi connectivity index (χ1n) is 7.46. The van der Waals surface area contributed by atoms with Crippen LogP contribution in [0.15, 0.2) is 84.9 Å². The summed E-state index contributed by atoms with van der Waals surface area (Å²) in [6, 6.07) is 28.3. The molecule has 0 saturated carbocycles. The van der Waals surface area contributed by atoms with E-state index >= 15 is 0 Å². The zero-order valence-electron chi connectivity index (χ0n) is 12.4. The number of rotatable bonds is 4. The molecule has 0 spiro atoms.